The molecule has 3 heteroatoms. The van der Waals surface area contributed by atoms with Gasteiger partial charge in [0, 0.05) is 17.0 Å². The van der Waals surface area contributed by atoms with Crippen molar-refractivity contribution in [2.75, 3.05) is 13.7 Å². The number of benzene rings is 2. The molecule has 1 N–H and O–H groups in total. The second kappa shape index (κ2) is 5.52. The van der Waals surface area contributed by atoms with E-state index in [4.69, 9.17) is 10.00 Å². The van der Waals surface area contributed by atoms with Crippen LogP contribution in [0.1, 0.15) is 18.5 Å². The number of hydrogen-bond acceptors (Lipinski definition) is 3. The average Bonchev–Trinajstić information content (AvgIpc) is 2.43. The van der Waals surface area contributed by atoms with Gasteiger partial charge in [0.25, 0.3) is 0 Å². The van der Waals surface area contributed by atoms with E-state index in [1.807, 2.05) is 37.4 Å². The molecule has 0 aromatic heterocycles. The molecule has 0 fully saturated rings. The molecule has 0 amide bonds. The van der Waals surface area contributed by atoms with Gasteiger partial charge >= 0.3 is 0 Å². The predicted octanol–water partition coefficient (Wildman–Crippen LogP) is 3.02. The highest BCUT2D eigenvalue weighted by Crippen LogP contribution is 2.33. The van der Waals surface area contributed by atoms with Crippen molar-refractivity contribution in [2.45, 2.75) is 13.0 Å². The molecule has 0 radical (unpaired) electrons. The monoisotopic (exact) mass is 240 g/mol. The average molecular weight is 240 g/mol. The SMILES string of the molecule is CNC(C)c1ccc2ccccc2c1OCC#N. The molecule has 2 aromatic rings. The Labute approximate surface area is 107 Å². The van der Waals surface area contributed by atoms with Crippen LogP contribution in [-0.2, 0) is 0 Å². The first kappa shape index (κ1) is 12.4. The molecular formula is C15H16N2O. The number of hydrogen-bond donors (Lipinski definition) is 1. The Morgan fingerprint density at radius 2 is 2.06 bits per heavy atom. The Morgan fingerprint density at radius 3 is 2.78 bits per heavy atom. The van der Waals surface area contributed by atoms with Crippen LogP contribution in [0.15, 0.2) is 36.4 Å². The predicted molar refractivity (Wildman–Crippen MR) is 72.5 cm³/mol. The van der Waals surface area contributed by atoms with Crippen LogP contribution in [0.2, 0.25) is 0 Å². The van der Waals surface area contributed by atoms with Crippen molar-refractivity contribution in [3.05, 3.63) is 42.0 Å². The van der Waals surface area contributed by atoms with Crippen molar-refractivity contribution in [2.24, 2.45) is 0 Å². The summed E-state index contributed by atoms with van der Waals surface area (Å²) in [4.78, 5) is 0. The van der Waals surface area contributed by atoms with E-state index in [0.717, 1.165) is 22.1 Å². The van der Waals surface area contributed by atoms with Gasteiger partial charge in [-0.1, -0.05) is 36.4 Å². The smallest absolute Gasteiger partial charge is 0.174 e. The molecule has 0 spiro atoms. The fourth-order valence-electron chi connectivity index (χ4n) is 2.02. The number of nitrogens with one attached hydrogen (secondary N) is 1. The molecule has 92 valence electrons. The number of nitriles is 1. The molecule has 0 saturated heterocycles. The Balaban J connectivity index is 2.59. The van der Waals surface area contributed by atoms with Crippen molar-refractivity contribution < 1.29 is 4.74 Å². The lowest BCUT2D eigenvalue weighted by Gasteiger charge is -2.17. The van der Waals surface area contributed by atoms with E-state index in [0.29, 0.717) is 0 Å². The Bertz CT molecular complexity index is 587. The van der Waals surface area contributed by atoms with E-state index in [2.05, 4.69) is 24.4 Å². The lowest BCUT2D eigenvalue weighted by molar-refractivity contribution is 0.364. The summed E-state index contributed by atoms with van der Waals surface area (Å²) in [5.41, 5.74) is 1.08. The molecule has 0 heterocycles. The third kappa shape index (κ3) is 2.29. The Hall–Kier alpha value is -2.05. The van der Waals surface area contributed by atoms with Crippen LogP contribution in [0.4, 0.5) is 0 Å². The molecule has 2 rings (SSSR count). The van der Waals surface area contributed by atoms with Gasteiger partial charge in [0.1, 0.15) is 11.8 Å². The lowest BCUT2D eigenvalue weighted by Crippen LogP contribution is -2.14. The first-order valence-corrected chi connectivity index (χ1v) is 5.96. The zero-order valence-electron chi connectivity index (χ0n) is 10.6. The molecule has 2 aromatic carbocycles. The largest absolute Gasteiger partial charge is 0.478 e. The minimum atomic E-state index is 0.0669. The molecule has 1 unspecified atom stereocenters. The molecular weight excluding hydrogens is 224 g/mol. The second-order valence-corrected chi connectivity index (χ2v) is 4.16. The number of rotatable bonds is 4. The van der Waals surface area contributed by atoms with E-state index in [9.17, 15) is 0 Å². The highest BCUT2D eigenvalue weighted by Gasteiger charge is 2.13. The third-order valence-corrected chi connectivity index (χ3v) is 3.09. The van der Waals surface area contributed by atoms with Crippen LogP contribution in [0.3, 0.4) is 0 Å². The van der Waals surface area contributed by atoms with Crippen LogP contribution in [0.5, 0.6) is 5.75 Å². The van der Waals surface area contributed by atoms with Gasteiger partial charge in [0.05, 0.1) is 0 Å². The maximum atomic E-state index is 8.70. The number of nitrogens with zero attached hydrogens (tertiary/aromatic N) is 1. The number of ether oxygens (including phenoxy) is 1. The summed E-state index contributed by atoms with van der Waals surface area (Å²) in [6.45, 7) is 2.14. The first-order chi connectivity index (χ1) is 8.77. The van der Waals surface area contributed by atoms with Gasteiger partial charge in [-0.05, 0) is 19.4 Å². The van der Waals surface area contributed by atoms with E-state index in [-0.39, 0.29) is 12.6 Å². The molecule has 0 bridgehead atoms. The Morgan fingerprint density at radius 1 is 1.28 bits per heavy atom. The summed E-state index contributed by atoms with van der Waals surface area (Å²) in [5.74, 6) is 0.802. The molecule has 0 saturated carbocycles. The lowest BCUT2D eigenvalue weighted by atomic mass is 10.0. The fraction of sp³-hybridized carbons (Fsp3) is 0.267. The molecule has 3 nitrogen and oxygen atoms in total. The van der Waals surface area contributed by atoms with Crippen LogP contribution in [0.25, 0.3) is 10.8 Å². The highest BCUT2D eigenvalue weighted by molar-refractivity contribution is 5.89. The van der Waals surface area contributed by atoms with E-state index >= 15 is 0 Å². The van der Waals surface area contributed by atoms with Crippen LogP contribution >= 0.6 is 0 Å². The van der Waals surface area contributed by atoms with Crippen LogP contribution in [-0.4, -0.2) is 13.7 Å². The van der Waals surface area contributed by atoms with Crippen LogP contribution < -0.4 is 10.1 Å². The molecule has 0 aliphatic carbocycles. The first-order valence-electron chi connectivity index (χ1n) is 5.96. The summed E-state index contributed by atoms with van der Waals surface area (Å²) in [6.07, 6.45) is 0. The van der Waals surface area contributed by atoms with E-state index in [1.165, 1.54) is 0 Å². The van der Waals surface area contributed by atoms with Crippen LogP contribution in [0, 0.1) is 11.3 Å². The quantitative estimate of drug-likeness (QED) is 0.893. The fourth-order valence-corrected chi connectivity index (χ4v) is 2.02. The summed E-state index contributed by atoms with van der Waals surface area (Å²) in [6, 6.07) is 14.4. The molecule has 18 heavy (non-hydrogen) atoms. The zero-order valence-corrected chi connectivity index (χ0v) is 10.6. The summed E-state index contributed by atoms with van der Waals surface area (Å²) >= 11 is 0. The third-order valence-electron chi connectivity index (χ3n) is 3.09. The Kier molecular flexibility index (Phi) is 3.81. The molecule has 0 aliphatic rings. The highest BCUT2D eigenvalue weighted by atomic mass is 16.5. The number of fused-ring (bicyclic) bond motifs is 1. The summed E-state index contributed by atoms with van der Waals surface area (Å²) in [5, 5.41) is 14.1. The van der Waals surface area contributed by atoms with Crippen molar-refractivity contribution in [1.82, 2.24) is 5.32 Å². The summed E-state index contributed by atoms with van der Waals surface area (Å²) < 4.78 is 5.62. The van der Waals surface area contributed by atoms with Gasteiger partial charge in [-0.25, -0.2) is 0 Å². The van der Waals surface area contributed by atoms with Crippen molar-refractivity contribution in [1.29, 1.82) is 5.26 Å². The van der Waals surface area contributed by atoms with E-state index in [1.54, 1.807) is 0 Å². The van der Waals surface area contributed by atoms with Crippen molar-refractivity contribution >= 4 is 10.8 Å². The van der Waals surface area contributed by atoms with Gasteiger partial charge in [-0.15, -0.1) is 0 Å². The van der Waals surface area contributed by atoms with E-state index < -0.39 is 0 Å². The minimum absolute atomic E-state index is 0.0669. The van der Waals surface area contributed by atoms with Crippen molar-refractivity contribution in [3.63, 3.8) is 0 Å². The molecule has 1 atom stereocenters. The molecule has 0 aliphatic heterocycles. The topological polar surface area (TPSA) is 45.0 Å². The maximum absolute atomic E-state index is 8.70. The van der Waals surface area contributed by atoms with Gasteiger partial charge in [-0.2, -0.15) is 5.26 Å². The maximum Gasteiger partial charge on any atom is 0.174 e. The summed E-state index contributed by atoms with van der Waals surface area (Å²) in [7, 11) is 1.91. The van der Waals surface area contributed by atoms with Gasteiger partial charge < -0.3 is 10.1 Å². The standard InChI is InChI=1S/C15H16N2O/c1-11(17-2)13-8-7-12-5-3-4-6-14(12)15(13)18-10-9-16/h3-8,11,17H,10H2,1-2H3. The normalized spacial score (nSPS) is 12.1. The zero-order chi connectivity index (χ0) is 13.0. The minimum Gasteiger partial charge on any atom is -0.478 e. The van der Waals surface area contributed by atoms with Gasteiger partial charge in [0.2, 0.25) is 0 Å². The van der Waals surface area contributed by atoms with Crippen molar-refractivity contribution in [3.8, 4) is 11.8 Å². The van der Waals surface area contributed by atoms with Gasteiger partial charge in [0.15, 0.2) is 6.61 Å². The second-order valence-electron chi connectivity index (χ2n) is 4.16. The van der Waals surface area contributed by atoms with Gasteiger partial charge in [-0.3, -0.25) is 0 Å².